The van der Waals surface area contributed by atoms with Gasteiger partial charge in [-0.3, -0.25) is 15.1 Å². The lowest BCUT2D eigenvalue weighted by molar-refractivity contribution is -0.204. The number of hydrogen-bond donors (Lipinski definition) is 4. The molecule has 1 atom stereocenters. The Hall–Kier alpha value is -4.32. The Balaban J connectivity index is 1.56. The molecule has 1 aliphatic carbocycles. The maximum atomic E-state index is 13.9. The van der Waals surface area contributed by atoms with Crippen LogP contribution in [0, 0.1) is 5.41 Å². The number of hydrogen-bond acceptors (Lipinski definition) is 6. The minimum Gasteiger partial charge on any atom is -0.382 e. The molecule has 1 heterocycles. The third-order valence-corrected chi connectivity index (χ3v) is 6.80. The van der Waals surface area contributed by atoms with Gasteiger partial charge >= 0.3 is 18.4 Å². The molecule has 0 unspecified atom stereocenters. The highest BCUT2D eigenvalue weighted by atomic mass is 35.5. The number of carbonyl (C=O) groups is 2. The number of aliphatic hydroxyl groups is 1. The van der Waals surface area contributed by atoms with E-state index in [0.29, 0.717) is 10.7 Å². The third kappa shape index (κ3) is 8.05. The maximum Gasteiger partial charge on any atom is 0.418 e. The predicted molar refractivity (Wildman–Crippen MR) is 141 cm³/mol. The number of aliphatic hydroxyl groups excluding tert-OH is 1. The van der Waals surface area contributed by atoms with Crippen molar-refractivity contribution < 1.29 is 49.8 Å². The smallest absolute Gasteiger partial charge is 0.382 e. The summed E-state index contributed by atoms with van der Waals surface area (Å²) in [7, 11) is 0. The molecule has 4 rings (SSSR count). The number of benzene rings is 2. The summed E-state index contributed by atoms with van der Waals surface area (Å²) in [6.45, 7) is -2.06. The van der Waals surface area contributed by atoms with Gasteiger partial charge in [0.1, 0.15) is 12.2 Å². The minimum atomic E-state index is -5.14. The summed E-state index contributed by atoms with van der Waals surface area (Å²) < 4.78 is 108. The molecular weight excluding hydrogens is 646 g/mol. The average Bonchev–Trinajstić information content (AvgIpc) is 3.41. The van der Waals surface area contributed by atoms with Gasteiger partial charge in [-0.15, -0.1) is 5.10 Å². The molecule has 10 nitrogen and oxygen atoms in total. The van der Waals surface area contributed by atoms with Gasteiger partial charge in [-0.2, -0.15) is 26.3 Å². The van der Waals surface area contributed by atoms with Crippen LogP contribution in [-0.4, -0.2) is 73.3 Å². The Morgan fingerprint density at radius 1 is 1.11 bits per heavy atom. The second-order valence-corrected chi connectivity index (χ2v) is 10.4. The van der Waals surface area contributed by atoms with E-state index in [1.54, 1.807) is 0 Å². The van der Waals surface area contributed by atoms with E-state index < -0.39 is 90.9 Å². The number of aromatic nitrogens is 3. The lowest BCUT2D eigenvalue weighted by Gasteiger charge is -2.35. The van der Waals surface area contributed by atoms with Gasteiger partial charge < -0.3 is 15.7 Å². The van der Waals surface area contributed by atoms with Crippen LogP contribution in [0.4, 0.5) is 39.9 Å². The van der Waals surface area contributed by atoms with Crippen LogP contribution >= 0.6 is 11.6 Å². The van der Waals surface area contributed by atoms with E-state index in [0.717, 1.165) is 18.5 Å². The Labute approximate surface area is 253 Å². The molecule has 242 valence electrons. The zero-order chi connectivity index (χ0) is 33.3. The number of para-hydroxylation sites is 1. The van der Waals surface area contributed by atoms with Crippen LogP contribution in [0.25, 0.3) is 5.69 Å². The number of amidine groups is 1. The van der Waals surface area contributed by atoms with Crippen molar-refractivity contribution in [2.45, 2.75) is 49.8 Å². The summed E-state index contributed by atoms with van der Waals surface area (Å²) in [6, 6.07) is 5.44. The van der Waals surface area contributed by atoms with Crippen molar-refractivity contribution in [3.05, 3.63) is 76.3 Å². The SMILES string of the molecule is N=C(c1ccc(Cl)cc1)N(C[C@H](O)C(F)(F)F)C(=O)NCc1ncn(-c2c(C(=O)NC3CC(F)(F)C3)cccc2C(F)(F)F)n1. The van der Waals surface area contributed by atoms with E-state index in [1.165, 1.54) is 24.3 Å². The Bertz CT molecular complexity index is 1570. The quantitative estimate of drug-likeness (QED) is 0.154. The molecule has 0 bridgehead atoms. The topological polar surface area (TPSA) is 136 Å². The van der Waals surface area contributed by atoms with Crippen LogP contribution < -0.4 is 10.6 Å². The molecule has 0 saturated heterocycles. The van der Waals surface area contributed by atoms with Gasteiger partial charge in [-0.05, 0) is 36.4 Å². The summed E-state index contributed by atoms with van der Waals surface area (Å²) in [5.74, 6) is -5.20. The number of rotatable bonds is 8. The van der Waals surface area contributed by atoms with Crippen molar-refractivity contribution in [3.63, 3.8) is 0 Å². The molecule has 2 aromatic carbocycles. The molecule has 0 aliphatic heterocycles. The van der Waals surface area contributed by atoms with Crippen LogP contribution in [0.5, 0.6) is 0 Å². The van der Waals surface area contributed by atoms with Gasteiger partial charge in [-0.25, -0.2) is 23.2 Å². The van der Waals surface area contributed by atoms with Gasteiger partial charge in [0, 0.05) is 29.5 Å². The first-order valence-corrected chi connectivity index (χ1v) is 13.2. The Morgan fingerprint density at radius 2 is 1.76 bits per heavy atom. The van der Waals surface area contributed by atoms with E-state index in [1.807, 2.05) is 0 Å². The summed E-state index contributed by atoms with van der Waals surface area (Å²) in [6.07, 6.45) is -13.8. The van der Waals surface area contributed by atoms with Crippen molar-refractivity contribution in [3.8, 4) is 5.69 Å². The number of nitrogens with one attached hydrogen (secondary N) is 3. The molecule has 0 spiro atoms. The summed E-state index contributed by atoms with van der Waals surface area (Å²) in [4.78, 5) is 29.8. The molecule has 1 aliphatic rings. The number of amides is 3. The molecule has 19 heteroatoms. The van der Waals surface area contributed by atoms with Gasteiger partial charge in [0.15, 0.2) is 11.9 Å². The second-order valence-electron chi connectivity index (χ2n) is 9.92. The van der Waals surface area contributed by atoms with E-state index in [-0.39, 0.29) is 21.3 Å². The van der Waals surface area contributed by atoms with Crippen molar-refractivity contribution in [2.24, 2.45) is 0 Å². The first kappa shape index (κ1) is 33.6. The van der Waals surface area contributed by atoms with Gasteiger partial charge in [0.25, 0.3) is 11.8 Å². The van der Waals surface area contributed by atoms with Crippen molar-refractivity contribution in [1.29, 1.82) is 5.41 Å². The zero-order valence-corrected chi connectivity index (χ0v) is 23.3. The number of alkyl halides is 8. The van der Waals surface area contributed by atoms with Gasteiger partial charge in [0.2, 0.25) is 0 Å². The van der Waals surface area contributed by atoms with E-state index in [9.17, 15) is 49.8 Å². The fourth-order valence-corrected chi connectivity index (χ4v) is 4.41. The lowest BCUT2D eigenvalue weighted by Crippen LogP contribution is -2.50. The maximum absolute atomic E-state index is 13.9. The molecule has 45 heavy (non-hydrogen) atoms. The number of carbonyl (C=O) groups excluding carboxylic acids is 2. The predicted octanol–water partition coefficient (Wildman–Crippen LogP) is 4.93. The molecule has 3 amide bonds. The minimum absolute atomic E-state index is 0.0356. The Morgan fingerprint density at radius 3 is 2.33 bits per heavy atom. The Kier molecular flexibility index (Phi) is 9.39. The standard InChI is InChI=1S/C26H22ClF8N7O3/c27-14-6-4-13(5-7-14)21(36)41(11-18(43)26(33,34)35)23(45)37-10-19-38-12-42(40-19)20-16(2-1-3-17(20)25(30,31)32)22(44)39-15-8-24(28,29)9-15/h1-7,12,15,18,36,43H,8-11H2,(H,37,45)(H,39,44)/t18-/m0/s1. The molecular formula is C26H22ClF8N7O3. The first-order chi connectivity index (χ1) is 20.9. The highest BCUT2D eigenvalue weighted by molar-refractivity contribution is 6.30. The first-order valence-electron chi connectivity index (χ1n) is 12.8. The largest absolute Gasteiger partial charge is 0.418 e. The van der Waals surface area contributed by atoms with Crippen LogP contribution in [-0.2, 0) is 12.7 Å². The fraction of sp³-hybridized carbons (Fsp3) is 0.346. The number of nitrogens with zero attached hydrogens (tertiary/aromatic N) is 4. The van der Waals surface area contributed by atoms with Crippen molar-refractivity contribution in [2.75, 3.05) is 6.54 Å². The van der Waals surface area contributed by atoms with E-state index >= 15 is 0 Å². The molecule has 3 aromatic rings. The molecule has 1 fully saturated rings. The number of halogens is 9. The molecule has 1 saturated carbocycles. The van der Waals surface area contributed by atoms with Crippen LogP contribution in [0.15, 0.2) is 48.8 Å². The molecule has 0 radical (unpaired) electrons. The summed E-state index contributed by atoms with van der Waals surface area (Å²) >= 11 is 5.79. The monoisotopic (exact) mass is 667 g/mol. The molecule has 1 aromatic heterocycles. The van der Waals surface area contributed by atoms with E-state index in [2.05, 4.69) is 20.7 Å². The normalized spacial score (nSPS) is 15.6. The van der Waals surface area contributed by atoms with Gasteiger partial charge in [-0.1, -0.05) is 17.7 Å². The van der Waals surface area contributed by atoms with Crippen LogP contribution in [0.2, 0.25) is 5.02 Å². The second kappa shape index (κ2) is 12.6. The van der Waals surface area contributed by atoms with Crippen molar-refractivity contribution in [1.82, 2.24) is 30.3 Å². The zero-order valence-electron chi connectivity index (χ0n) is 22.6. The average molecular weight is 668 g/mol. The summed E-state index contributed by atoms with van der Waals surface area (Å²) in [5, 5.41) is 26.3. The fourth-order valence-electron chi connectivity index (χ4n) is 4.28. The van der Waals surface area contributed by atoms with Crippen LogP contribution in [0.3, 0.4) is 0 Å². The lowest BCUT2D eigenvalue weighted by atomic mass is 9.88. The van der Waals surface area contributed by atoms with Crippen molar-refractivity contribution >= 4 is 29.4 Å². The summed E-state index contributed by atoms with van der Waals surface area (Å²) in [5.41, 5.74) is -2.72. The molecule has 4 N–H and O–H groups in total. The number of urea groups is 1. The third-order valence-electron chi connectivity index (χ3n) is 6.54. The highest BCUT2D eigenvalue weighted by Crippen LogP contribution is 2.38. The van der Waals surface area contributed by atoms with Crippen LogP contribution in [0.1, 0.15) is 40.2 Å². The highest BCUT2D eigenvalue weighted by Gasteiger charge is 2.46. The van der Waals surface area contributed by atoms with Gasteiger partial charge in [0.05, 0.1) is 29.9 Å². The van der Waals surface area contributed by atoms with E-state index in [4.69, 9.17) is 17.0 Å².